The molecule has 0 saturated heterocycles. The first-order valence-corrected chi connectivity index (χ1v) is 10.2. The first-order valence-electron chi connectivity index (χ1n) is 8.54. The molecule has 1 aromatic carbocycles. The molecule has 0 aliphatic rings. The van der Waals surface area contributed by atoms with Crippen molar-refractivity contribution in [2.24, 2.45) is 0 Å². The van der Waals surface area contributed by atoms with Crippen LogP contribution in [0.2, 0.25) is 0 Å². The maximum atomic E-state index is 12.3. The Kier molecular flexibility index (Phi) is 4.91. The molecule has 4 aromatic rings. The van der Waals surface area contributed by atoms with Crippen LogP contribution in [0, 0.1) is 6.92 Å². The predicted molar refractivity (Wildman–Crippen MR) is 109 cm³/mol. The zero-order valence-corrected chi connectivity index (χ0v) is 16.6. The number of benzene rings is 1. The van der Waals surface area contributed by atoms with E-state index in [4.69, 9.17) is 4.74 Å². The monoisotopic (exact) mass is 398 g/mol. The van der Waals surface area contributed by atoms with Crippen molar-refractivity contribution in [3.63, 3.8) is 0 Å². The second kappa shape index (κ2) is 7.50. The van der Waals surface area contributed by atoms with Crippen LogP contribution >= 0.6 is 22.9 Å². The molecule has 27 heavy (non-hydrogen) atoms. The quantitative estimate of drug-likeness (QED) is 0.522. The van der Waals surface area contributed by atoms with Crippen LogP contribution in [0.1, 0.15) is 18.3 Å². The first-order chi connectivity index (χ1) is 13.1. The van der Waals surface area contributed by atoms with Crippen molar-refractivity contribution in [2.45, 2.75) is 20.3 Å². The van der Waals surface area contributed by atoms with Gasteiger partial charge in [0.2, 0.25) is 5.91 Å². The van der Waals surface area contributed by atoms with Gasteiger partial charge in [0.15, 0.2) is 4.96 Å². The van der Waals surface area contributed by atoms with E-state index in [1.54, 1.807) is 0 Å². The number of amides is 1. The largest absolute Gasteiger partial charge is 0.494 e. The molecule has 0 unspecified atom stereocenters. The third-order valence-corrected chi connectivity index (χ3v) is 5.66. The maximum absolute atomic E-state index is 12.3. The molecule has 138 valence electrons. The summed E-state index contributed by atoms with van der Waals surface area (Å²) in [5, 5.41) is 5.64. The van der Waals surface area contributed by atoms with Crippen LogP contribution in [0.4, 0.5) is 5.00 Å². The Morgan fingerprint density at radius 1 is 1.30 bits per heavy atom. The molecule has 1 N–H and O–H groups in total. The van der Waals surface area contributed by atoms with Gasteiger partial charge in [0, 0.05) is 22.8 Å². The van der Waals surface area contributed by atoms with E-state index < -0.39 is 0 Å². The zero-order valence-electron chi connectivity index (χ0n) is 14.9. The molecule has 0 fully saturated rings. The fourth-order valence-electron chi connectivity index (χ4n) is 2.75. The van der Waals surface area contributed by atoms with E-state index in [1.165, 1.54) is 22.9 Å². The van der Waals surface area contributed by atoms with E-state index >= 15 is 0 Å². The average Bonchev–Trinajstić information content (AvgIpc) is 3.34. The van der Waals surface area contributed by atoms with Gasteiger partial charge < -0.3 is 10.1 Å². The van der Waals surface area contributed by atoms with Gasteiger partial charge in [-0.05, 0) is 55.7 Å². The number of ether oxygens (including phenoxy) is 1. The minimum Gasteiger partial charge on any atom is -0.494 e. The number of hydrogen-bond acceptors (Lipinski definition) is 6. The standard InChI is InChI=1S/C19H18N4O2S2/c1-3-25-15-6-4-13(5-7-15)16-10-23-14(11-26-19(23)20-16)9-17(24)21-18-8-12(2)22-27-18/h4-8,10-11H,3,9H2,1-2H3,(H,21,24). The summed E-state index contributed by atoms with van der Waals surface area (Å²) in [4.78, 5) is 17.9. The Morgan fingerprint density at radius 3 is 2.81 bits per heavy atom. The number of imidazole rings is 1. The van der Waals surface area contributed by atoms with Crippen molar-refractivity contribution >= 4 is 38.7 Å². The van der Waals surface area contributed by atoms with Gasteiger partial charge in [-0.2, -0.15) is 4.37 Å². The highest BCUT2D eigenvalue weighted by Gasteiger charge is 2.13. The maximum Gasteiger partial charge on any atom is 0.230 e. The molecule has 0 radical (unpaired) electrons. The van der Waals surface area contributed by atoms with E-state index in [1.807, 2.05) is 60.2 Å². The lowest BCUT2D eigenvalue weighted by molar-refractivity contribution is -0.115. The van der Waals surface area contributed by atoms with Crippen LogP contribution in [-0.2, 0) is 11.2 Å². The highest BCUT2D eigenvalue weighted by atomic mass is 32.1. The summed E-state index contributed by atoms with van der Waals surface area (Å²) in [7, 11) is 0. The van der Waals surface area contributed by atoms with Crippen LogP contribution in [0.25, 0.3) is 16.2 Å². The number of hydrogen-bond donors (Lipinski definition) is 1. The van der Waals surface area contributed by atoms with E-state index in [-0.39, 0.29) is 12.3 Å². The molecule has 0 aliphatic carbocycles. The molecule has 0 bridgehead atoms. The third-order valence-electron chi connectivity index (χ3n) is 3.98. The third kappa shape index (κ3) is 3.86. The number of carbonyl (C=O) groups is 1. The average molecular weight is 399 g/mol. The van der Waals surface area contributed by atoms with E-state index in [2.05, 4.69) is 14.7 Å². The van der Waals surface area contributed by atoms with Crippen LogP contribution in [-0.4, -0.2) is 26.3 Å². The zero-order chi connectivity index (χ0) is 18.8. The summed E-state index contributed by atoms with van der Waals surface area (Å²) in [6.07, 6.45) is 2.26. The fourth-order valence-corrected chi connectivity index (χ4v) is 4.30. The summed E-state index contributed by atoms with van der Waals surface area (Å²) in [6, 6.07) is 9.74. The molecule has 3 aromatic heterocycles. The lowest BCUT2D eigenvalue weighted by Crippen LogP contribution is -2.14. The van der Waals surface area contributed by atoms with Gasteiger partial charge in [-0.15, -0.1) is 11.3 Å². The molecule has 1 amide bonds. The highest BCUT2D eigenvalue weighted by Crippen LogP contribution is 2.26. The van der Waals surface area contributed by atoms with Crippen LogP contribution < -0.4 is 10.1 Å². The van der Waals surface area contributed by atoms with Gasteiger partial charge in [-0.1, -0.05) is 0 Å². The molecular formula is C19H18N4O2S2. The summed E-state index contributed by atoms with van der Waals surface area (Å²) in [5.74, 6) is 0.785. The lowest BCUT2D eigenvalue weighted by Gasteiger charge is -2.03. The highest BCUT2D eigenvalue weighted by molar-refractivity contribution is 7.15. The fraction of sp³-hybridized carbons (Fsp3) is 0.211. The molecule has 8 heteroatoms. The van der Waals surface area contributed by atoms with Crippen molar-refractivity contribution in [3.05, 3.63) is 53.3 Å². The van der Waals surface area contributed by atoms with Gasteiger partial charge in [-0.25, -0.2) is 4.98 Å². The molecule has 6 nitrogen and oxygen atoms in total. The predicted octanol–water partition coefficient (Wildman–Crippen LogP) is 4.41. The van der Waals surface area contributed by atoms with Gasteiger partial charge in [0.1, 0.15) is 10.8 Å². The number of nitrogens with zero attached hydrogens (tertiary/aromatic N) is 3. The lowest BCUT2D eigenvalue weighted by atomic mass is 10.1. The Morgan fingerprint density at radius 2 is 2.11 bits per heavy atom. The molecule has 0 saturated carbocycles. The first kappa shape index (κ1) is 17.7. The minimum atomic E-state index is -0.0605. The Hall–Kier alpha value is -2.71. The number of carbonyl (C=O) groups excluding carboxylic acids is 1. The second-order valence-electron chi connectivity index (χ2n) is 6.02. The van der Waals surface area contributed by atoms with Crippen molar-refractivity contribution in [3.8, 4) is 17.0 Å². The van der Waals surface area contributed by atoms with Crippen molar-refractivity contribution < 1.29 is 9.53 Å². The molecule has 0 spiro atoms. The molecule has 0 atom stereocenters. The molecule has 3 heterocycles. The van der Waals surface area contributed by atoms with Crippen LogP contribution in [0.3, 0.4) is 0 Å². The topological polar surface area (TPSA) is 68.5 Å². The van der Waals surface area contributed by atoms with Crippen LogP contribution in [0.5, 0.6) is 5.75 Å². The Balaban J connectivity index is 1.52. The number of aryl methyl sites for hydroxylation is 1. The van der Waals surface area contributed by atoms with Crippen molar-refractivity contribution in [1.82, 2.24) is 13.8 Å². The van der Waals surface area contributed by atoms with E-state index in [0.717, 1.165) is 38.4 Å². The number of aromatic nitrogens is 3. The summed E-state index contributed by atoms with van der Waals surface area (Å²) >= 11 is 2.82. The van der Waals surface area contributed by atoms with Crippen LogP contribution in [0.15, 0.2) is 41.9 Å². The van der Waals surface area contributed by atoms with Gasteiger partial charge in [0.25, 0.3) is 0 Å². The number of rotatable bonds is 6. The summed E-state index contributed by atoms with van der Waals surface area (Å²) in [6.45, 7) is 4.51. The van der Waals surface area contributed by atoms with E-state index in [0.29, 0.717) is 6.61 Å². The van der Waals surface area contributed by atoms with Gasteiger partial charge in [0.05, 0.1) is 24.4 Å². The number of nitrogens with one attached hydrogen (secondary N) is 1. The number of fused-ring (bicyclic) bond motifs is 1. The smallest absolute Gasteiger partial charge is 0.230 e. The molecule has 0 aliphatic heterocycles. The summed E-state index contributed by atoms with van der Waals surface area (Å²) in [5.41, 5.74) is 3.72. The normalized spacial score (nSPS) is 11.0. The Labute approximate surface area is 164 Å². The Bertz CT molecular complexity index is 1080. The summed E-state index contributed by atoms with van der Waals surface area (Å²) < 4.78 is 11.6. The van der Waals surface area contributed by atoms with Gasteiger partial charge in [-0.3, -0.25) is 9.20 Å². The second-order valence-corrected chi connectivity index (χ2v) is 7.66. The minimum absolute atomic E-state index is 0.0605. The number of thiazole rings is 1. The SMILES string of the molecule is CCOc1ccc(-c2cn3c(CC(=O)Nc4cc(C)ns4)csc3n2)cc1. The van der Waals surface area contributed by atoms with Crippen molar-refractivity contribution in [2.75, 3.05) is 11.9 Å². The van der Waals surface area contributed by atoms with E-state index in [9.17, 15) is 4.79 Å². The molecular weight excluding hydrogens is 380 g/mol. The molecule has 4 rings (SSSR count). The van der Waals surface area contributed by atoms with Gasteiger partial charge >= 0.3 is 0 Å². The van der Waals surface area contributed by atoms with Crippen molar-refractivity contribution in [1.29, 1.82) is 0 Å². The number of anilines is 1.